The second-order valence-electron chi connectivity index (χ2n) is 16.1. The molecule has 290 valence electrons. The first-order valence-electron chi connectivity index (χ1n) is 19.1. The fourth-order valence-electron chi connectivity index (χ4n) is 8.18. The number of fused-ring (bicyclic) bond motifs is 2. The summed E-state index contributed by atoms with van der Waals surface area (Å²) in [6, 6.07) is 0. The number of hydrogen-bond acceptors (Lipinski definition) is 11. The summed E-state index contributed by atoms with van der Waals surface area (Å²) in [4.78, 5) is 26.2. The SMILES string of the molecule is CCC(=O)[C@@]1(C)O[C@H]1[C@H](C)C[C@@H](C)[C@H]1OC(=O)C[C@@]2(O)CC=C(C)[C@H](O2)/C(C)=C/CCC[C@@H](O[C@H]2C[C@@H](O)[C@H](O)[C@@H](C)O2)/C=C/[C@H](C)C(O)[C@H]1C. The van der Waals surface area contributed by atoms with Gasteiger partial charge >= 0.3 is 5.97 Å². The van der Waals surface area contributed by atoms with Gasteiger partial charge in [0.1, 0.15) is 18.3 Å². The van der Waals surface area contributed by atoms with Crippen molar-refractivity contribution in [3.63, 3.8) is 0 Å². The van der Waals surface area contributed by atoms with Crippen LogP contribution in [-0.4, -0.2) is 98.7 Å². The van der Waals surface area contributed by atoms with Gasteiger partial charge < -0.3 is 44.1 Å². The highest BCUT2D eigenvalue weighted by Crippen LogP contribution is 2.45. The molecule has 4 aliphatic rings. The molecule has 1 unspecified atom stereocenters. The predicted molar refractivity (Wildman–Crippen MR) is 191 cm³/mol. The van der Waals surface area contributed by atoms with E-state index in [4.69, 9.17) is 23.7 Å². The molecule has 0 amide bonds. The van der Waals surface area contributed by atoms with Crippen molar-refractivity contribution in [1.82, 2.24) is 0 Å². The summed E-state index contributed by atoms with van der Waals surface area (Å²) in [6.07, 6.45) is 4.82. The molecule has 11 heteroatoms. The lowest BCUT2D eigenvalue weighted by atomic mass is 9.79. The number of rotatable bonds is 8. The van der Waals surface area contributed by atoms with E-state index in [1.54, 1.807) is 6.92 Å². The molecule has 2 saturated heterocycles. The molecule has 0 saturated carbocycles. The standard InChI is InChI=1S/C40H64O11/c1-10-31(42)39(9)38(51-39)26(6)19-25(5)37-27(7)34(44)22(2)15-16-29(48-33-20-30(41)35(45)28(8)47-33)14-12-11-13-23(3)36-24(4)17-18-40(46,50-36)21-32(43)49-37/h13,15-17,22,25-30,33-38,41,44-46H,10-12,14,18-21H2,1-9H3/b16-15+,23-13+/t22-,25+,26+,27+,28+,29+,30+,33-,34?,35+,36+,37+,38-,39+,40+/m0/s1. The van der Waals surface area contributed by atoms with Crippen LogP contribution in [0.1, 0.15) is 114 Å². The van der Waals surface area contributed by atoms with Crippen LogP contribution in [0.2, 0.25) is 0 Å². The summed E-state index contributed by atoms with van der Waals surface area (Å²) in [5.74, 6) is -3.38. The highest BCUT2D eigenvalue weighted by Gasteiger charge is 2.59. The van der Waals surface area contributed by atoms with Crippen molar-refractivity contribution >= 4 is 11.8 Å². The molecule has 11 nitrogen and oxygen atoms in total. The smallest absolute Gasteiger partial charge is 0.311 e. The zero-order valence-electron chi connectivity index (χ0n) is 32.1. The van der Waals surface area contributed by atoms with Crippen LogP contribution in [0.15, 0.2) is 35.5 Å². The number of aliphatic hydroxyl groups excluding tert-OH is 3. The van der Waals surface area contributed by atoms with Gasteiger partial charge in [0.15, 0.2) is 23.5 Å². The molecule has 4 N–H and O–H groups in total. The number of cyclic esters (lactones) is 1. The fraction of sp³-hybridized carbons (Fsp3) is 0.800. The molecule has 0 radical (unpaired) electrons. The molecule has 0 aromatic rings. The number of Topliss-reactive ketones (excluding diaryl/α,β-unsaturated/α-hetero) is 1. The quantitative estimate of drug-likeness (QED) is 0.150. The van der Waals surface area contributed by atoms with Crippen molar-refractivity contribution in [2.45, 2.75) is 180 Å². The van der Waals surface area contributed by atoms with Crippen molar-refractivity contribution in [3.8, 4) is 0 Å². The minimum absolute atomic E-state index is 0.00864. The Labute approximate surface area is 304 Å². The third-order valence-electron chi connectivity index (χ3n) is 11.5. The van der Waals surface area contributed by atoms with E-state index in [9.17, 15) is 30.0 Å². The van der Waals surface area contributed by atoms with Crippen molar-refractivity contribution < 1.29 is 53.7 Å². The number of ketones is 1. The zero-order chi connectivity index (χ0) is 37.8. The Bertz CT molecular complexity index is 1280. The summed E-state index contributed by atoms with van der Waals surface area (Å²) >= 11 is 0. The Morgan fingerprint density at radius 3 is 2.37 bits per heavy atom. The second kappa shape index (κ2) is 17.5. The lowest BCUT2D eigenvalue weighted by Gasteiger charge is -2.38. The van der Waals surface area contributed by atoms with Gasteiger partial charge in [-0.3, -0.25) is 9.59 Å². The predicted octanol–water partition coefficient (Wildman–Crippen LogP) is 5.07. The summed E-state index contributed by atoms with van der Waals surface area (Å²) in [5.41, 5.74) is 1.07. The number of allylic oxidation sites excluding steroid dienone is 1. The molecule has 0 aliphatic carbocycles. The number of epoxide rings is 1. The highest BCUT2D eigenvalue weighted by molar-refractivity contribution is 5.89. The second-order valence-corrected chi connectivity index (χ2v) is 16.1. The summed E-state index contributed by atoms with van der Waals surface area (Å²) in [5, 5.41) is 43.8. The Kier molecular flexibility index (Phi) is 14.3. The van der Waals surface area contributed by atoms with Crippen molar-refractivity contribution in [3.05, 3.63) is 35.5 Å². The Hall–Kier alpha value is -1.96. The lowest BCUT2D eigenvalue weighted by molar-refractivity contribution is -0.254. The summed E-state index contributed by atoms with van der Waals surface area (Å²) < 4.78 is 30.5. The van der Waals surface area contributed by atoms with Gasteiger partial charge in [0.2, 0.25) is 0 Å². The summed E-state index contributed by atoms with van der Waals surface area (Å²) in [6.45, 7) is 17.0. The molecule has 0 aromatic carbocycles. The highest BCUT2D eigenvalue weighted by atomic mass is 16.7. The van der Waals surface area contributed by atoms with Crippen LogP contribution in [-0.2, 0) is 33.3 Å². The lowest BCUT2D eigenvalue weighted by Crippen LogP contribution is -2.48. The van der Waals surface area contributed by atoms with Gasteiger partial charge in [0.05, 0.1) is 36.9 Å². The maximum atomic E-state index is 13.6. The van der Waals surface area contributed by atoms with E-state index in [0.29, 0.717) is 25.7 Å². The third-order valence-corrected chi connectivity index (χ3v) is 11.5. The number of carbonyl (C=O) groups excluding carboxylic acids is 2. The fourth-order valence-corrected chi connectivity index (χ4v) is 8.18. The van der Waals surface area contributed by atoms with Gasteiger partial charge in [-0.25, -0.2) is 0 Å². The van der Waals surface area contributed by atoms with Crippen LogP contribution >= 0.6 is 0 Å². The van der Waals surface area contributed by atoms with Gasteiger partial charge in [-0.05, 0) is 76.4 Å². The van der Waals surface area contributed by atoms with Crippen LogP contribution in [0.4, 0.5) is 0 Å². The minimum Gasteiger partial charge on any atom is -0.462 e. The molecule has 4 aliphatic heterocycles. The number of aliphatic hydroxyl groups is 4. The Morgan fingerprint density at radius 2 is 1.71 bits per heavy atom. The van der Waals surface area contributed by atoms with E-state index in [1.807, 2.05) is 73.6 Å². The number of esters is 1. The molecule has 0 spiro atoms. The first kappa shape index (κ1) is 41.8. The molecular weight excluding hydrogens is 656 g/mol. The van der Waals surface area contributed by atoms with Crippen molar-refractivity contribution in [2.75, 3.05) is 0 Å². The molecule has 51 heavy (non-hydrogen) atoms. The summed E-state index contributed by atoms with van der Waals surface area (Å²) in [7, 11) is 0. The average Bonchev–Trinajstić information content (AvgIpc) is 3.78. The first-order chi connectivity index (χ1) is 23.9. The van der Waals surface area contributed by atoms with E-state index < -0.39 is 72.3 Å². The topological polar surface area (TPSA) is 165 Å². The molecule has 4 rings (SSSR count). The van der Waals surface area contributed by atoms with E-state index in [2.05, 4.69) is 6.08 Å². The zero-order valence-corrected chi connectivity index (χ0v) is 32.1. The van der Waals surface area contributed by atoms with Crippen LogP contribution in [0, 0.1) is 23.7 Å². The number of carbonyl (C=O) groups is 2. The largest absolute Gasteiger partial charge is 0.462 e. The molecule has 0 aromatic heterocycles. The van der Waals surface area contributed by atoms with E-state index in [1.165, 1.54) is 0 Å². The van der Waals surface area contributed by atoms with Crippen LogP contribution in [0.3, 0.4) is 0 Å². The Morgan fingerprint density at radius 1 is 1.02 bits per heavy atom. The van der Waals surface area contributed by atoms with Gasteiger partial charge in [0.25, 0.3) is 0 Å². The van der Waals surface area contributed by atoms with Gasteiger partial charge in [-0.1, -0.05) is 58.9 Å². The molecule has 2 bridgehead atoms. The van der Waals surface area contributed by atoms with E-state index in [-0.39, 0.29) is 48.9 Å². The van der Waals surface area contributed by atoms with Crippen LogP contribution in [0.5, 0.6) is 0 Å². The third kappa shape index (κ3) is 10.4. The molecule has 4 heterocycles. The van der Waals surface area contributed by atoms with Crippen LogP contribution in [0.25, 0.3) is 0 Å². The molecular formula is C40H64O11. The monoisotopic (exact) mass is 720 g/mol. The Balaban J connectivity index is 1.60. The molecule has 15 atom stereocenters. The van der Waals surface area contributed by atoms with Gasteiger partial charge in [0, 0.05) is 31.1 Å². The van der Waals surface area contributed by atoms with Crippen molar-refractivity contribution in [1.29, 1.82) is 0 Å². The minimum atomic E-state index is -1.75. The molecule has 2 fully saturated rings. The maximum Gasteiger partial charge on any atom is 0.311 e. The first-order valence-corrected chi connectivity index (χ1v) is 19.1. The van der Waals surface area contributed by atoms with Crippen LogP contribution < -0.4 is 0 Å². The number of ether oxygens (including phenoxy) is 5. The van der Waals surface area contributed by atoms with Crippen molar-refractivity contribution in [2.24, 2.45) is 23.7 Å². The van der Waals surface area contributed by atoms with E-state index in [0.717, 1.165) is 17.6 Å². The average molecular weight is 721 g/mol. The normalized spacial score (nSPS) is 44.4. The van der Waals surface area contributed by atoms with Gasteiger partial charge in [-0.2, -0.15) is 0 Å². The maximum absolute atomic E-state index is 13.6. The number of hydrogen-bond donors (Lipinski definition) is 4. The van der Waals surface area contributed by atoms with Gasteiger partial charge in [-0.15, -0.1) is 0 Å². The van der Waals surface area contributed by atoms with E-state index >= 15 is 0 Å².